The predicted octanol–water partition coefficient (Wildman–Crippen LogP) is 3.41. The SMILES string of the molecule is CO[C@@H](CNC(=O)[C@@H](C)n1c(-c2cccs2)n[nH]c1=S)C(C)(C)C. The zero-order valence-electron chi connectivity index (χ0n) is 14.6. The van der Waals surface area contributed by atoms with Crippen molar-refractivity contribution in [1.29, 1.82) is 0 Å². The van der Waals surface area contributed by atoms with Crippen molar-refractivity contribution in [1.82, 2.24) is 20.1 Å². The van der Waals surface area contributed by atoms with Gasteiger partial charge in [0.2, 0.25) is 5.91 Å². The van der Waals surface area contributed by atoms with E-state index in [2.05, 4.69) is 36.3 Å². The highest BCUT2D eigenvalue weighted by Crippen LogP contribution is 2.26. The van der Waals surface area contributed by atoms with E-state index in [4.69, 9.17) is 17.0 Å². The summed E-state index contributed by atoms with van der Waals surface area (Å²) >= 11 is 6.86. The predicted molar refractivity (Wildman–Crippen MR) is 98.7 cm³/mol. The van der Waals surface area contributed by atoms with E-state index in [1.54, 1.807) is 23.0 Å². The van der Waals surface area contributed by atoms with E-state index in [-0.39, 0.29) is 17.4 Å². The van der Waals surface area contributed by atoms with E-state index < -0.39 is 6.04 Å². The van der Waals surface area contributed by atoms with E-state index in [1.165, 1.54) is 0 Å². The van der Waals surface area contributed by atoms with Crippen LogP contribution in [0.15, 0.2) is 17.5 Å². The molecule has 24 heavy (non-hydrogen) atoms. The number of thiophene rings is 1. The van der Waals surface area contributed by atoms with Gasteiger partial charge in [0.15, 0.2) is 10.6 Å². The minimum absolute atomic E-state index is 0.0562. The maximum Gasteiger partial charge on any atom is 0.243 e. The fourth-order valence-corrected chi connectivity index (χ4v) is 3.45. The molecule has 8 heteroatoms. The third-order valence-corrected chi connectivity index (χ3v) is 5.08. The summed E-state index contributed by atoms with van der Waals surface area (Å²) in [6, 6.07) is 3.43. The molecule has 2 atom stereocenters. The zero-order chi connectivity index (χ0) is 17.9. The molecule has 2 aromatic rings. The molecule has 1 amide bonds. The molecule has 0 radical (unpaired) electrons. The first-order chi connectivity index (χ1) is 11.3. The Morgan fingerprint density at radius 3 is 2.79 bits per heavy atom. The number of nitrogens with one attached hydrogen (secondary N) is 2. The van der Waals surface area contributed by atoms with Gasteiger partial charge in [-0.2, -0.15) is 5.10 Å². The quantitative estimate of drug-likeness (QED) is 0.767. The second-order valence-electron chi connectivity index (χ2n) is 6.71. The lowest BCUT2D eigenvalue weighted by Gasteiger charge is -2.30. The lowest BCUT2D eigenvalue weighted by molar-refractivity contribution is -0.124. The summed E-state index contributed by atoms with van der Waals surface area (Å²) in [6.07, 6.45) is -0.0669. The molecule has 0 aromatic carbocycles. The second kappa shape index (κ2) is 7.58. The topological polar surface area (TPSA) is 71.9 Å². The average molecular weight is 369 g/mol. The molecule has 2 N–H and O–H groups in total. The fraction of sp³-hybridized carbons (Fsp3) is 0.562. The van der Waals surface area contributed by atoms with Crippen LogP contribution in [0.3, 0.4) is 0 Å². The molecule has 132 valence electrons. The van der Waals surface area contributed by atoms with E-state index >= 15 is 0 Å². The molecule has 0 unspecified atom stereocenters. The molecule has 2 heterocycles. The van der Waals surface area contributed by atoms with Crippen molar-refractivity contribution in [2.75, 3.05) is 13.7 Å². The maximum absolute atomic E-state index is 12.6. The molecular formula is C16H24N4O2S2. The number of carbonyl (C=O) groups excluding carboxylic acids is 1. The summed E-state index contributed by atoms with van der Waals surface area (Å²) in [6.45, 7) is 8.51. The number of aromatic amines is 1. The molecule has 2 rings (SSSR count). The molecule has 0 bridgehead atoms. The lowest BCUT2D eigenvalue weighted by Crippen LogP contribution is -2.42. The highest BCUT2D eigenvalue weighted by atomic mass is 32.1. The third-order valence-electron chi connectivity index (χ3n) is 3.92. The Bertz CT molecular complexity index is 728. The number of ether oxygens (including phenoxy) is 1. The van der Waals surface area contributed by atoms with Crippen LogP contribution in [-0.4, -0.2) is 40.4 Å². The first-order valence-electron chi connectivity index (χ1n) is 7.77. The number of carbonyl (C=O) groups is 1. The third kappa shape index (κ3) is 4.12. The highest BCUT2D eigenvalue weighted by Gasteiger charge is 2.27. The maximum atomic E-state index is 12.6. The van der Waals surface area contributed by atoms with E-state index in [1.807, 2.05) is 24.4 Å². The fourth-order valence-electron chi connectivity index (χ4n) is 2.44. The standard InChI is InChI=1S/C16H24N4O2S2/c1-10(14(21)17-9-12(22-5)16(2,3)4)20-13(18-19-15(20)23)11-7-6-8-24-11/h6-8,10,12H,9H2,1-5H3,(H,17,21)(H,19,23)/t10-,12+/m1/s1. The van der Waals surface area contributed by atoms with Crippen molar-refractivity contribution >= 4 is 29.5 Å². The van der Waals surface area contributed by atoms with Crippen molar-refractivity contribution in [3.63, 3.8) is 0 Å². The van der Waals surface area contributed by atoms with Gasteiger partial charge in [0, 0.05) is 13.7 Å². The van der Waals surface area contributed by atoms with Crippen LogP contribution in [-0.2, 0) is 9.53 Å². The van der Waals surface area contributed by atoms with Crippen LogP contribution in [0.4, 0.5) is 0 Å². The number of H-pyrrole nitrogens is 1. The Labute approximate surface area is 151 Å². The smallest absolute Gasteiger partial charge is 0.243 e. The number of hydrogen-bond acceptors (Lipinski definition) is 5. The summed E-state index contributed by atoms with van der Waals surface area (Å²) in [5.74, 6) is 0.563. The van der Waals surface area contributed by atoms with E-state index in [0.29, 0.717) is 17.1 Å². The van der Waals surface area contributed by atoms with Gasteiger partial charge in [0.25, 0.3) is 0 Å². The summed E-state index contributed by atoms with van der Waals surface area (Å²) < 4.78 is 7.66. The average Bonchev–Trinajstić information content (AvgIpc) is 3.14. The first kappa shape index (κ1) is 18.8. The summed E-state index contributed by atoms with van der Waals surface area (Å²) in [5.41, 5.74) is -0.0562. The van der Waals surface area contributed by atoms with Crippen molar-refractivity contribution in [2.45, 2.75) is 39.8 Å². The number of hydrogen-bond donors (Lipinski definition) is 2. The van der Waals surface area contributed by atoms with Crippen LogP contribution in [0, 0.1) is 10.2 Å². The van der Waals surface area contributed by atoms with Gasteiger partial charge < -0.3 is 10.1 Å². The summed E-state index contributed by atoms with van der Waals surface area (Å²) in [4.78, 5) is 13.6. The molecule has 6 nitrogen and oxygen atoms in total. The van der Waals surface area contributed by atoms with Crippen LogP contribution in [0.25, 0.3) is 10.7 Å². The normalized spacial score (nSPS) is 14.4. The Hall–Kier alpha value is -1.51. The first-order valence-corrected chi connectivity index (χ1v) is 9.05. The summed E-state index contributed by atoms with van der Waals surface area (Å²) in [5, 5.41) is 12.0. The zero-order valence-corrected chi connectivity index (χ0v) is 16.3. The summed E-state index contributed by atoms with van der Waals surface area (Å²) in [7, 11) is 1.66. The van der Waals surface area contributed by atoms with Gasteiger partial charge in [-0.1, -0.05) is 26.8 Å². The molecule has 0 saturated carbocycles. The number of rotatable bonds is 6. The Kier molecular flexibility index (Phi) is 5.95. The second-order valence-corrected chi connectivity index (χ2v) is 8.05. The van der Waals surface area contributed by atoms with E-state index in [9.17, 15) is 4.79 Å². The Morgan fingerprint density at radius 1 is 1.54 bits per heavy atom. The van der Waals surface area contributed by atoms with Gasteiger partial charge in [-0.3, -0.25) is 14.5 Å². The number of aromatic nitrogens is 3. The Morgan fingerprint density at radius 2 is 2.25 bits per heavy atom. The largest absolute Gasteiger partial charge is 0.379 e. The van der Waals surface area contributed by atoms with Crippen LogP contribution in [0.1, 0.15) is 33.7 Å². The number of methoxy groups -OCH3 is 1. The monoisotopic (exact) mass is 368 g/mol. The van der Waals surface area contributed by atoms with Crippen LogP contribution < -0.4 is 5.32 Å². The van der Waals surface area contributed by atoms with Crippen molar-refractivity contribution in [3.05, 3.63) is 22.3 Å². The van der Waals surface area contributed by atoms with Crippen LogP contribution >= 0.6 is 23.6 Å². The minimum Gasteiger partial charge on any atom is -0.379 e. The van der Waals surface area contributed by atoms with Gasteiger partial charge in [0.1, 0.15) is 6.04 Å². The number of amides is 1. The van der Waals surface area contributed by atoms with Crippen LogP contribution in [0.2, 0.25) is 0 Å². The molecule has 0 saturated heterocycles. The molecule has 0 spiro atoms. The number of nitrogens with zero attached hydrogens (tertiary/aromatic N) is 2. The van der Waals surface area contributed by atoms with Crippen LogP contribution in [0.5, 0.6) is 0 Å². The van der Waals surface area contributed by atoms with Gasteiger partial charge in [-0.15, -0.1) is 11.3 Å². The molecule has 0 aliphatic rings. The lowest BCUT2D eigenvalue weighted by atomic mass is 9.89. The van der Waals surface area contributed by atoms with Gasteiger partial charge in [-0.05, 0) is 36.0 Å². The van der Waals surface area contributed by atoms with Crippen molar-refractivity contribution in [2.24, 2.45) is 5.41 Å². The molecule has 0 aliphatic heterocycles. The van der Waals surface area contributed by atoms with Crippen molar-refractivity contribution in [3.8, 4) is 10.7 Å². The molecule has 0 fully saturated rings. The highest BCUT2D eigenvalue weighted by molar-refractivity contribution is 7.71. The van der Waals surface area contributed by atoms with Crippen molar-refractivity contribution < 1.29 is 9.53 Å². The molecular weight excluding hydrogens is 344 g/mol. The van der Waals surface area contributed by atoms with Gasteiger partial charge in [-0.25, -0.2) is 0 Å². The van der Waals surface area contributed by atoms with Gasteiger partial charge >= 0.3 is 0 Å². The van der Waals surface area contributed by atoms with Gasteiger partial charge in [0.05, 0.1) is 11.0 Å². The van der Waals surface area contributed by atoms with E-state index in [0.717, 1.165) is 4.88 Å². The minimum atomic E-state index is -0.467. The Balaban J connectivity index is 2.15. The molecule has 2 aromatic heterocycles. The molecule has 0 aliphatic carbocycles.